The Morgan fingerprint density at radius 3 is 2.58 bits per heavy atom. The number of aryl methyl sites for hydroxylation is 1. The van der Waals surface area contributed by atoms with Crippen LogP contribution in [-0.2, 0) is 16.1 Å². The van der Waals surface area contributed by atoms with Crippen molar-refractivity contribution < 1.29 is 14.3 Å². The van der Waals surface area contributed by atoms with Crippen LogP contribution in [0.1, 0.15) is 25.0 Å². The Morgan fingerprint density at radius 1 is 1.29 bits per heavy atom. The maximum atomic E-state index is 11.4. The minimum absolute atomic E-state index is 0. The predicted octanol–water partition coefficient (Wildman–Crippen LogP) is 2.49. The van der Waals surface area contributed by atoms with Gasteiger partial charge in [-0.25, -0.2) is 4.99 Å². The van der Waals surface area contributed by atoms with Crippen LogP contribution >= 0.6 is 24.0 Å². The number of ether oxygens (including phenoxy) is 2. The molecule has 0 aliphatic heterocycles. The number of hydrogen-bond donors (Lipinski definition) is 2. The van der Waals surface area contributed by atoms with E-state index < -0.39 is 0 Å². The van der Waals surface area contributed by atoms with Crippen LogP contribution < -0.4 is 15.4 Å². The molecular weight excluding hydrogens is 421 g/mol. The number of benzene rings is 1. The topological polar surface area (TPSA) is 72.0 Å². The maximum Gasteiger partial charge on any atom is 0.310 e. The first kappa shape index (κ1) is 22.5. The van der Waals surface area contributed by atoms with Crippen molar-refractivity contribution >= 4 is 35.9 Å². The SMILES string of the molecule is CCNC(=NCc1ccc(C)cc1OC)NCC(C)C(=O)OC.I. The molecule has 0 bridgehead atoms. The van der Waals surface area contributed by atoms with Crippen molar-refractivity contribution in [2.45, 2.75) is 27.3 Å². The summed E-state index contributed by atoms with van der Waals surface area (Å²) in [6, 6.07) is 6.04. The quantitative estimate of drug-likeness (QED) is 0.290. The zero-order chi connectivity index (χ0) is 17.2. The van der Waals surface area contributed by atoms with Crippen LogP contribution in [0, 0.1) is 12.8 Å². The van der Waals surface area contributed by atoms with Gasteiger partial charge in [-0.15, -0.1) is 24.0 Å². The third kappa shape index (κ3) is 7.37. The van der Waals surface area contributed by atoms with Crippen LogP contribution in [0.4, 0.5) is 0 Å². The number of nitrogens with zero attached hydrogens (tertiary/aromatic N) is 1. The van der Waals surface area contributed by atoms with Crippen LogP contribution in [0.25, 0.3) is 0 Å². The van der Waals surface area contributed by atoms with Gasteiger partial charge in [-0.3, -0.25) is 4.79 Å². The standard InChI is InChI=1S/C17H27N3O3.HI/c1-6-18-17(19-10-13(3)16(21)23-5)20-11-14-8-7-12(2)9-15(14)22-4;/h7-9,13H,6,10-11H2,1-5H3,(H2,18,19,20);1H. The summed E-state index contributed by atoms with van der Waals surface area (Å²) in [7, 11) is 3.05. The van der Waals surface area contributed by atoms with Gasteiger partial charge in [0.15, 0.2) is 5.96 Å². The second-order valence-electron chi connectivity index (χ2n) is 5.32. The van der Waals surface area contributed by atoms with Crippen LogP contribution in [0.2, 0.25) is 0 Å². The first-order chi connectivity index (χ1) is 11.0. The molecule has 0 amide bonds. The molecule has 0 spiro atoms. The van der Waals surface area contributed by atoms with Crippen molar-refractivity contribution in [3.05, 3.63) is 29.3 Å². The highest BCUT2D eigenvalue weighted by Crippen LogP contribution is 2.20. The minimum atomic E-state index is -0.242. The molecule has 0 radical (unpaired) electrons. The number of guanidine groups is 1. The van der Waals surface area contributed by atoms with Crippen LogP contribution in [-0.4, -0.2) is 39.2 Å². The lowest BCUT2D eigenvalue weighted by atomic mass is 10.1. The number of halogens is 1. The molecule has 0 fully saturated rings. The molecule has 1 aromatic carbocycles. The fourth-order valence-electron chi connectivity index (χ4n) is 2.02. The summed E-state index contributed by atoms with van der Waals surface area (Å²) in [6.45, 7) is 7.52. The Balaban J connectivity index is 0.00000529. The molecule has 136 valence electrons. The number of rotatable bonds is 7. The van der Waals surface area contributed by atoms with Crippen molar-refractivity contribution in [1.82, 2.24) is 10.6 Å². The monoisotopic (exact) mass is 449 g/mol. The number of carbonyl (C=O) groups excluding carboxylic acids is 1. The van der Waals surface area contributed by atoms with E-state index in [1.807, 2.05) is 39.0 Å². The highest BCUT2D eigenvalue weighted by molar-refractivity contribution is 14.0. The second-order valence-corrected chi connectivity index (χ2v) is 5.32. The molecule has 7 heteroatoms. The summed E-state index contributed by atoms with van der Waals surface area (Å²) in [5.41, 5.74) is 2.16. The summed E-state index contributed by atoms with van der Waals surface area (Å²) < 4.78 is 10.1. The molecule has 0 heterocycles. The van der Waals surface area contributed by atoms with E-state index in [4.69, 9.17) is 9.47 Å². The van der Waals surface area contributed by atoms with Gasteiger partial charge in [0, 0.05) is 18.7 Å². The molecule has 0 saturated heterocycles. The lowest BCUT2D eigenvalue weighted by Gasteiger charge is -2.15. The average molecular weight is 449 g/mol. The predicted molar refractivity (Wildman–Crippen MR) is 107 cm³/mol. The Labute approximate surface area is 161 Å². The van der Waals surface area contributed by atoms with E-state index in [1.54, 1.807) is 7.11 Å². The number of nitrogens with one attached hydrogen (secondary N) is 2. The second kappa shape index (κ2) is 11.9. The van der Waals surface area contributed by atoms with Crippen molar-refractivity contribution in [1.29, 1.82) is 0 Å². The van der Waals surface area contributed by atoms with Gasteiger partial charge in [0.2, 0.25) is 0 Å². The molecule has 6 nitrogen and oxygen atoms in total. The van der Waals surface area contributed by atoms with Gasteiger partial charge < -0.3 is 20.1 Å². The highest BCUT2D eigenvalue weighted by Gasteiger charge is 2.13. The lowest BCUT2D eigenvalue weighted by molar-refractivity contribution is -0.144. The molecule has 1 unspecified atom stereocenters. The number of methoxy groups -OCH3 is 2. The van der Waals surface area contributed by atoms with Gasteiger partial charge in [0.25, 0.3) is 0 Å². The van der Waals surface area contributed by atoms with Crippen LogP contribution in [0.5, 0.6) is 5.75 Å². The number of esters is 1. The molecule has 24 heavy (non-hydrogen) atoms. The summed E-state index contributed by atoms with van der Waals surface area (Å²) in [6.07, 6.45) is 0. The van der Waals surface area contributed by atoms with Gasteiger partial charge in [-0.2, -0.15) is 0 Å². The molecule has 0 aromatic heterocycles. The molecule has 0 aliphatic rings. The van der Waals surface area contributed by atoms with Crippen molar-refractivity contribution in [2.75, 3.05) is 27.3 Å². The smallest absolute Gasteiger partial charge is 0.310 e. The van der Waals surface area contributed by atoms with Crippen LogP contribution in [0.3, 0.4) is 0 Å². The average Bonchev–Trinajstić information content (AvgIpc) is 2.56. The number of aliphatic imine (C=N–C) groups is 1. The van der Waals surface area contributed by atoms with E-state index in [-0.39, 0.29) is 35.9 Å². The van der Waals surface area contributed by atoms with Gasteiger partial charge >= 0.3 is 5.97 Å². The molecule has 1 rings (SSSR count). The van der Waals surface area contributed by atoms with Crippen LogP contribution in [0.15, 0.2) is 23.2 Å². The van der Waals surface area contributed by atoms with Gasteiger partial charge in [-0.05, 0) is 25.5 Å². The summed E-state index contributed by atoms with van der Waals surface area (Å²) in [4.78, 5) is 16.0. The zero-order valence-electron chi connectivity index (χ0n) is 15.0. The Hall–Kier alpha value is -1.51. The molecule has 0 aliphatic carbocycles. The Morgan fingerprint density at radius 2 is 2.00 bits per heavy atom. The van der Waals surface area contributed by atoms with E-state index in [1.165, 1.54) is 7.11 Å². The summed E-state index contributed by atoms with van der Waals surface area (Å²) in [5.74, 6) is 1.00. The fraction of sp³-hybridized carbons (Fsp3) is 0.529. The zero-order valence-corrected chi connectivity index (χ0v) is 17.3. The first-order valence-corrected chi connectivity index (χ1v) is 7.75. The summed E-state index contributed by atoms with van der Waals surface area (Å²) >= 11 is 0. The molecule has 1 aromatic rings. The van der Waals surface area contributed by atoms with Gasteiger partial charge in [0.1, 0.15) is 5.75 Å². The molecule has 2 N–H and O–H groups in total. The summed E-state index contributed by atoms with van der Waals surface area (Å²) in [5, 5.41) is 6.31. The Bertz CT molecular complexity index is 550. The van der Waals surface area contributed by atoms with E-state index in [9.17, 15) is 4.79 Å². The third-order valence-corrected chi connectivity index (χ3v) is 3.37. The lowest BCUT2D eigenvalue weighted by Crippen LogP contribution is -2.40. The van der Waals surface area contributed by atoms with E-state index in [0.29, 0.717) is 19.0 Å². The number of hydrogen-bond acceptors (Lipinski definition) is 4. The van der Waals surface area contributed by atoms with E-state index in [2.05, 4.69) is 15.6 Å². The van der Waals surface area contributed by atoms with Gasteiger partial charge in [0.05, 0.1) is 26.7 Å². The minimum Gasteiger partial charge on any atom is -0.496 e. The van der Waals surface area contributed by atoms with Crippen molar-refractivity contribution in [2.24, 2.45) is 10.9 Å². The normalized spacial score (nSPS) is 12.0. The molecule has 1 atom stereocenters. The Kier molecular flexibility index (Phi) is 11.2. The highest BCUT2D eigenvalue weighted by atomic mass is 127. The fourth-order valence-corrected chi connectivity index (χ4v) is 2.02. The van der Waals surface area contributed by atoms with E-state index in [0.717, 1.165) is 23.4 Å². The van der Waals surface area contributed by atoms with Crippen molar-refractivity contribution in [3.8, 4) is 5.75 Å². The number of carbonyl (C=O) groups is 1. The maximum absolute atomic E-state index is 11.4. The largest absolute Gasteiger partial charge is 0.496 e. The molecule has 0 saturated carbocycles. The van der Waals surface area contributed by atoms with Gasteiger partial charge in [-0.1, -0.05) is 19.1 Å². The first-order valence-electron chi connectivity index (χ1n) is 7.75. The third-order valence-electron chi connectivity index (χ3n) is 3.37. The molecular formula is C17H28IN3O3. The van der Waals surface area contributed by atoms with E-state index >= 15 is 0 Å². The van der Waals surface area contributed by atoms with Crippen molar-refractivity contribution in [3.63, 3.8) is 0 Å².